The van der Waals surface area contributed by atoms with Gasteiger partial charge in [-0.05, 0) is 98.9 Å². The zero-order valence-electron chi connectivity index (χ0n) is 16.3. The summed E-state index contributed by atoms with van der Waals surface area (Å²) >= 11 is 0. The van der Waals surface area contributed by atoms with Gasteiger partial charge in [-0.2, -0.15) is 0 Å². The van der Waals surface area contributed by atoms with Gasteiger partial charge in [-0.1, -0.05) is 18.2 Å². The second kappa shape index (κ2) is 7.94. The third-order valence-corrected chi connectivity index (χ3v) is 5.42. The Balaban J connectivity index is 1.58. The van der Waals surface area contributed by atoms with Crippen molar-refractivity contribution in [2.45, 2.75) is 59.4 Å². The molecule has 26 heavy (non-hydrogen) atoms. The molecule has 3 nitrogen and oxygen atoms in total. The van der Waals surface area contributed by atoms with E-state index in [-0.39, 0.29) is 18.6 Å². The predicted molar refractivity (Wildman–Crippen MR) is 106 cm³/mol. The van der Waals surface area contributed by atoms with Crippen molar-refractivity contribution in [2.75, 3.05) is 6.61 Å². The molecule has 1 aliphatic carbocycles. The summed E-state index contributed by atoms with van der Waals surface area (Å²) < 4.78 is 5.73. The monoisotopic (exact) mass is 351 g/mol. The Morgan fingerprint density at radius 3 is 2.46 bits per heavy atom. The maximum absolute atomic E-state index is 12.3. The molecule has 2 aromatic rings. The van der Waals surface area contributed by atoms with Crippen LogP contribution in [0.3, 0.4) is 0 Å². The molecular formula is C23H29NO2. The molecule has 0 aliphatic heterocycles. The van der Waals surface area contributed by atoms with E-state index >= 15 is 0 Å². The summed E-state index contributed by atoms with van der Waals surface area (Å²) in [6.45, 7) is 8.38. The fourth-order valence-electron chi connectivity index (χ4n) is 3.76. The summed E-state index contributed by atoms with van der Waals surface area (Å²) in [5.74, 6) is 0.698. The number of nitrogens with one attached hydrogen (secondary N) is 1. The van der Waals surface area contributed by atoms with Crippen LogP contribution < -0.4 is 10.1 Å². The molecule has 1 unspecified atom stereocenters. The van der Waals surface area contributed by atoms with E-state index in [2.05, 4.69) is 50.4 Å². The minimum atomic E-state index is -0.0900. The van der Waals surface area contributed by atoms with Gasteiger partial charge in [0.25, 0.3) is 5.91 Å². The number of rotatable bonds is 5. The molecule has 0 spiro atoms. The van der Waals surface area contributed by atoms with Crippen molar-refractivity contribution in [3.05, 3.63) is 63.7 Å². The van der Waals surface area contributed by atoms with Crippen LogP contribution in [0.5, 0.6) is 5.75 Å². The van der Waals surface area contributed by atoms with E-state index < -0.39 is 0 Å². The maximum atomic E-state index is 12.3. The van der Waals surface area contributed by atoms with E-state index in [0.29, 0.717) is 0 Å². The number of aryl methyl sites for hydroxylation is 5. The lowest BCUT2D eigenvalue weighted by Gasteiger charge is -2.19. The van der Waals surface area contributed by atoms with Gasteiger partial charge < -0.3 is 10.1 Å². The second-order valence-electron chi connectivity index (χ2n) is 7.51. The lowest BCUT2D eigenvalue weighted by atomic mass is 9.92. The number of ether oxygens (including phenoxy) is 1. The molecule has 138 valence electrons. The molecule has 1 N–H and O–H groups in total. The number of benzene rings is 2. The largest absolute Gasteiger partial charge is 0.484 e. The average Bonchev–Trinajstić information content (AvgIpc) is 2.62. The predicted octanol–water partition coefficient (Wildman–Crippen LogP) is 4.75. The summed E-state index contributed by atoms with van der Waals surface area (Å²) in [7, 11) is 0. The molecule has 2 aromatic carbocycles. The van der Waals surface area contributed by atoms with Crippen molar-refractivity contribution in [3.63, 3.8) is 0 Å². The van der Waals surface area contributed by atoms with Gasteiger partial charge in [0, 0.05) is 0 Å². The first-order valence-electron chi connectivity index (χ1n) is 9.56. The van der Waals surface area contributed by atoms with Crippen LogP contribution in [0, 0.1) is 20.8 Å². The topological polar surface area (TPSA) is 38.3 Å². The number of hydrogen-bond acceptors (Lipinski definition) is 2. The smallest absolute Gasteiger partial charge is 0.258 e. The van der Waals surface area contributed by atoms with Crippen molar-refractivity contribution in [3.8, 4) is 5.75 Å². The van der Waals surface area contributed by atoms with Crippen molar-refractivity contribution in [1.82, 2.24) is 5.32 Å². The summed E-state index contributed by atoms with van der Waals surface area (Å²) in [4.78, 5) is 12.3. The first-order valence-corrected chi connectivity index (χ1v) is 9.56. The third-order valence-electron chi connectivity index (χ3n) is 5.42. The Labute approximate surface area is 156 Å². The van der Waals surface area contributed by atoms with Crippen LogP contribution in [-0.4, -0.2) is 12.5 Å². The van der Waals surface area contributed by atoms with Crippen molar-refractivity contribution >= 4 is 5.91 Å². The maximum Gasteiger partial charge on any atom is 0.258 e. The quantitative estimate of drug-likeness (QED) is 0.844. The summed E-state index contributed by atoms with van der Waals surface area (Å²) in [6.07, 6.45) is 4.78. The van der Waals surface area contributed by atoms with Gasteiger partial charge in [0.15, 0.2) is 6.61 Å². The Kier molecular flexibility index (Phi) is 5.65. The first-order chi connectivity index (χ1) is 12.4. The van der Waals surface area contributed by atoms with Gasteiger partial charge in [0.2, 0.25) is 0 Å². The molecule has 3 rings (SSSR count). The van der Waals surface area contributed by atoms with Crippen LogP contribution in [-0.2, 0) is 17.6 Å². The van der Waals surface area contributed by atoms with Gasteiger partial charge >= 0.3 is 0 Å². The Bertz CT molecular complexity index is 810. The van der Waals surface area contributed by atoms with Gasteiger partial charge in [-0.15, -0.1) is 0 Å². The molecular weight excluding hydrogens is 322 g/mol. The Hall–Kier alpha value is -2.29. The van der Waals surface area contributed by atoms with E-state index in [0.717, 1.165) is 24.2 Å². The van der Waals surface area contributed by atoms with Crippen LogP contribution >= 0.6 is 0 Å². The van der Waals surface area contributed by atoms with Gasteiger partial charge in [0.1, 0.15) is 5.75 Å². The van der Waals surface area contributed by atoms with Crippen LogP contribution in [0.1, 0.15) is 59.2 Å². The molecule has 0 bridgehead atoms. The second-order valence-corrected chi connectivity index (χ2v) is 7.51. The Morgan fingerprint density at radius 1 is 1.00 bits per heavy atom. The Morgan fingerprint density at radius 2 is 1.69 bits per heavy atom. The number of fused-ring (bicyclic) bond motifs is 1. The van der Waals surface area contributed by atoms with Crippen LogP contribution in [0.2, 0.25) is 0 Å². The highest BCUT2D eigenvalue weighted by Gasteiger charge is 2.14. The number of carbonyl (C=O) groups excluding carboxylic acids is 1. The molecule has 1 atom stereocenters. The average molecular weight is 351 g/mol. The van der Waals surface area contributed by atoms with Crippen molar-refractivity contribution < 1.29 is 9.53 Å². The first kappa shape index (κ1) is 18.5. The SMILES string of the molecule is Cc1cc(C)c(C(C)NC(=O)COc2ccc3c(c2)CCCC3)cc1C. The highest BCUT2D eigenvalue weighted by molar-refractivity contribution is 5.78. The highest BCUT2D eigenvalue weighted by Crippen LogP contribution is 2.25. The standard InChI is InChI=1S/C23H29NO2/c1-15-11-17(3)22(12-16(15)2)18(4)24-23(25)14-26-21-10-9-19-7-5-6-8-20(19)13-21/h9-13,18H,5-8,14H2,1-4H3,(H,24,25). The molecule has 0 saturated heterocycles. The molecule has 1 amide bonds. The van der Waals surface area contributed by atoms with E-state index in [1.165, 1.54) is 40.7 Å². The fraction of sp³-hybridized carbons (Fsp3) is 0.435. The van der Waals surface area contributed by atoms with Crippen molar-refractivity contribution in [1.29, 1.82) is 0 Å². The zero-order valence-corrected chi connectivity index (χ0v) is 16.3. The number of hydrogen-bond donors (Lipinski definition) is 1. The summed E-state index contributed by atoms with van der Waals surface area (Å²) in [5.41, 5.74) is 7.68. The zero-order chi connectivity index (χ0) is 18.7. The van der Waals surface area contributed by atoms with Crippen molar-refractivity contribution in [2.24, 2.45) is 0 Å². The molecule has 0 heterocycles. The normalized spacial score (nSPS) is 14.5. The minimum Gasteiger partial charge on any atom is -0.484 e. The van der Waals surface area contributed by atoms with Crippen LogP contribution in [0.15, 0.2) is 30.3 Å². The number of carbonyl (C=O) groups is 1. The lowest BCUT2D eigenvalue weighted by Crippen LogP contribution is -2.31. The molecule has 1 aliphatic rings. The molecule has 0 fully saturated rings. The van der Waals surface area contributed by atoms with E-state index in [9.17, 15) is 4.79 Å². The highest BCUT2D eigenvalue weighted by atomic mass is 16.5. The third kappa shape index (κ3) is 4.27. The fourth-order valence-corrected chi connectivity index (χ4v) is 3.76. The molecule has 0 aromatic heterocycles. The van der Waals surface area contributed by atoms with E-state index in [1.54, 1.807) is 0 Å². The van der Waals surface area contributed by atoms with E-state index in [4.69, 9.17) is 4.74 Å². The number of amides is 1. The lowest BCUT2D eigenvalue weighted by molar-refractivity contribution is -0.123. The van der Waals surface area contributed by atoms with Crippen LogP contribution in [0.25, 0.3) is 0 Å². The van der Waals surface area contributed by atoms with Gasteiger partial charge in [0.05, 0.1) is 6.04 Å². The van der Waals surface area contributed by atoms with Crippen LogP contribution in [0.4, 0.5) is 0 Å². The molecule has 3 heteroatoms. The van der Waals surface area contributed by atoms with E-state index in [1.807, 2.05) is 13.0 Å². The van der Waals surface area contributed by atoms with Gasteiger partial charge in [-0.25, -0.2) is 0 Å². The van der Waals surface area contributed by atoms with Gasteiger partial charge in [-0.3, -0.25) is 4.79 Å². The summed E-state index contributed by atoms with van der Waals surface area (Å²) in [5, 5.41) is 3.05. The molecule has 0 saturated carbocycles. The minimum absolute atomic E-state index is 0.0334. The summed E-state index contributed by atoms with van der Waals surface area (Å²) in [6, 6.07) is 10.5. The molecule has 0 radical (unpaired) electrons.